The van der Waals surface area contributed by atoms with Crippen LogP contribution in [0.15, 0.2) is 0 Å². The highest BCUT2D eigenvalue weighted by Gasteiger charge is 2.35. The summed E-state index contributed by atoms with van der Waals surface area (Å²) < 4.78 is 0. The fourth-order valence-electron chi connectivity index (χ4n) is 3.34. The molecule has 0 aromatic carbocycles. The summed E-state index contributed by atoms with van der Waals surface area (Å²) in [5, 5.41) is 10.1. The molecular weight excluding hydrogens is 208 g/mol. The van der Waals surface area contributed by atoms with Crippen molar-refractivity contribution < 1.29 is 5.11 Å². The highest BCUT2D eigenvalue weighted by Crippen LogP contribution is 2.43. The molecule has 1 nitrogen and oxygen atoms in total. The minimum atomic E-state index is -0.104. The number of hydrogen-bond acceptors (Lipinski definition) is 1. The number of aliphatic hydroxyl groups is 1. The molecule has 0 amide bonds. The van der Waals surface area contributed by atoms with Crippen molar-refractivity contribution in [1.29, 1.82) is 0 Å². The Bertz CT molecular complexity index is 190. The lowest BCUT2D eigenvalue weighted by Gasteiger charge is -2.40. The van der Waals surface area contributed by atoms with Gasteiger partial charge in [-0.2, -0.15) is 0 Å². The number of unbranched alkanes of at least 4 members (excludes halogenated alkanes) is 2. The van der Waals surface area contributed by atoms with Gasteiger partial charge in [-0.3, -0.25) is 0 Å². The molecule has 0 spiro atoms. The van der Waals surface area contributed by atoms with Crippen LogP contribution in [0.2, 0.25) is 0 Å². The van der Waals surface area contributed by atoms with Crippen molar-refractivity contribution in [3.8, 4) is 0 Å². The molecule has 1 rings (SSSR count). The summed E-state index contributed by atoms with van der Waals surface area (Å²) in [6.07, 6.45) is 13.1. The molecule has 0 bridgehead atoms. The summed E-state index contributed by atoms with van der Waals surface area (Å²) in [5.41, 5.74) is 0.274. The third-order valence-corrected chi connectivity index (χ3v) is 4.69. The molecule has 0 aromatic rings. The molecule has 0 heterocycles. The lowest BCUT2D eigenvalue weighted by Crippen LogP contribution is -2.35. The minimum absolute atomic E-state index is 0.104. The minimum Gasteiger partial charge on any atom is -0.393 e. The monoisotopic (exact) mass is 240 g/mol. The van der Waals surface area contributed by atoms with E-state index < -0.39 is 0 Å². The second kappa shape index (κ2) is 7.41. The van der Waals surface area contributed by atoms with E-state index in [4.69, 9.17) is 0 Å². The molecule has 1 N–H and O–H groups in total. The fraction of sp³-hybridized carbons (Fsp3) is 1.00. The van der Waals surface area contributed by atoms with Crippen LogP contribution in [-0.4, -0.2) is 11.2 Å². The molecule has 1 aliphatic carbocycles. The van der Waals surface area contributed by atoms with Gasteiger partial charge in [0.25, 0.3) is 0 Å². The van der Waals surface area contributed by atoms with E-state index in [1.165, 1.54) is 64.2 Å². The Balaban J connectivity index is 2.25. The van der Waals surface area contributed by atoms with Gasteiger partial charge in [-0.05, 0) is 37.5 Å². The first kappa shape index (κ1) is 15.0. The van der Waals surface area contributed by atoms with Gasteiger partial charge in [-0.1, -0.05) is 58.8 Å². The molecular formula is C16H32O. The van der Waals surface area contributed by atoms with Crippen molar-refractivity contribution in [1.82, 2.24) is 0 Å². The lowest BCUT2D eigenvalue weighted by atomic mass is 9.67. The van der Waals surface area contributed by atoms with E-state index in [1.54, 1.807) is 0 Å². The molecule has 0 saturated heterocycles. The molecule has 0 aliphatic heterocycles. The van der Waals surface area contributed by atoms with Gasteiger partial charge in [0.1, 0.15) is 0 Å². The first-order valence-electron chi connectivity index (χ1n) is 7.75. The van der Waals surface area contributed by atoms with Crippen LogP contribution in [0.5, 0.6) is 0 Å². The molecule has 1 saturated carbocycles. The van der Waals surface area contributed by atoms with E-state index in [0.29, 0.717) is 0 Å². The fourth-order valence-corrected chi connectivity index (χ4v) is 3.34. The Hall–Kier alpha value is -0.0400. The normalized spacial score (nSPS) is 21.7. The smallest absolute Gasteiger partial charge is 0.0568 e. The molecule has 1 heteroatoms. The summed E-state index contributed by atoms with van der Waals surface area (Å²) in [4.78, 5) is 0. The molecule has 1 aliphatic rings. The van der Waals surface area contributed by atoms with Crippen molar-refractivity contribution in [3.05, 3.63) is 0 Å². The van der Waals surface area contributed by atoms with E-state index in [2.05, 4.69) is 13.8 Å². The summed E-state index contributed by atoms with van der Waals surface area (Å²) >= 11 is 0. The van der Waals surface area contributed by atoms with Crippen LogP contribution in [0, 0.1) is 11.3 Å². The van der Waals surface area contributed by atoms with Crippen LogP contribution >= 0.6 is 0 Å². The van der Waals surface area contributed by atoms with Crippen LogP contribution < -0.4 is 0 Å². The molecule has 0 radical (unpaired) electrons. The molecule has 1 fully saturated rings. The number of aliphatic hydroxyl groups excluding tert-OH is 1. The molecule has 17 heavy (non-hydrogen) atoms. The van der Waals surface area contributed by atoms with Gasteiger partial charge in [0, 0.05) is 0 Å². The molecule has 1 unspecified atom stereocenters. The quantitative estimate of drug-likeness (QED) is 0.626. The van der Waals surface area contributed by atoms with E-state index in [-0.39, 0.29) is 11.5 Å². The van der Waals surface area contributed by atoms with Crippen molar-refractivity contribution >= 4 is 0 Å². The van der Waals surface area contributed by atoms with Gasteiger partial charge in [0.2, 0.25) is 0 Å². The van der Waals surface area contributed by atoms with E-state index in [0.717, 1.165) is 5.92 Å². The van der Waals surface area contributed by atoms with Crippen molar-refractivity contribution in [2.45, 2.75) is 91.1 Å². The Morgan fingerprint density at radius 3 is 2.12 bits per heavy atom. The standard InChI is InChI=1S/C16H32O/c1-14(2)10-6-4-7-11-16(15(3)17)12-8-5-9-13-16/h14-15,17H,4-13H2,1-3H3. The van der Waals surface area contributed by atoms with Crippen molar-refractivity contribution in [3.63, 3.8) is 0 Å². The van der Waals surface area contributed by atoms with Gasteiger partial charge in [-0.15, -0.1) is 0 Å². The van der Waals surface area contributed by atoms with Gasteiger partial charge < -0.3 is 5.11 Å². The highest BCUT2D eigenvalue weighted by molar-refractivity contribution is 4.87. The number of rotatable bonds is 7. The Morgan fingerprint density at radius 1 is 0.941 bits per heavy atom. The maximum absolute atomic E-state index is 10.1. The largest absolute Gasteiger partial charge is 0.393 e. The van der Waals surface area contributed by atoms with Crippen LogP contribution in [-0.2, 0) is 0 Å². The second-order valence-corrected chi connectivity index (χ2v) is 6.59. The van der Waals surface area contributed by atoms with Crippen molar-refractivity contribution in [2.75, 3.05) is 0 Å². The van der Waals surface area contributed by atoms with E-state index >= 15 is 0 Å². The van der Waals surface area contributed by atoms with Crippen LogP contribution in [0.4, 0.5) is 0 Å². The van der Waals surface area contributed by atoms with Crippen LogP contribution in [0.1, 0.15) is 85.0 Å². The van der Waals surface area contributed by atoms with Gasteiger partial charge in [0.15, 0.2) is 0 Å². The first-order chi connectivity index (χ1) is 8.07. The SMILES string of the molecule is CC(C)CCCCCC1(C(C)O)CCCCC1. The zero-order valence-corrected chi connectivity index (χ0v) is 12.2. The molecule has 1 atom stereocenters. The summed E-state index contributed by atoms with van der Waals surface area (Å²) in [6, 6.07) is 0. The Kier molecular flexibility index (Phi) is 6.54. The van der Waals surface area contributed by atoms with Gasteiger partial charge >= 0.3 is 0 Å². The van der Waals surface area contributed by atoms with E-state index in [9.17, 15) is 5.11 Å². The summed E-state index contributed by atoms with van der Waals surface area (Å²) in [6.45, 7) is 6.62. The summed E-state index contributed by atoms with van der Waals surface area (Å²) in [5.74, 6) is 0.843. The zero-order valence-electron chi connectivity index (χ0n) is 12.2. The summed E-state index contributed by atoms with van der Waals surface area (Å²) in [7, 11) is 0. The van der Waals surface area contributed by atoms with Crippen LogP contribution in [0.3, 0.4) is 0 Å². The highest BCUT2D eigenvalue weighted by atomic mass is 16.3. The Labute approximate surface area is 108 Å². The average Bonchev–Trinajstić information content (AvgIpc) is 2.29. The molecule has 102 valence electrons. The van der Waals surface area contributed by atoms with Gasteiger partial charge in [0.05, 0.1) is 6.10 Å². The second-order valence-electron chi connectivity index (χ2n) is 6.59. The van der Waals surface area contributed by atoms with Gasteiger partial charge in [-0.25, -0.2) is 0 Å². The maximum atomic E-state index is 10.1. The molecule has 0 aromatic heterocycles. The topological polar surface area (TPSA) is 20.2 Å². The van der Waals surface area contributed by atoms with E-state index in [1.807, 2.05) is 6.92 Å². The van der Waals surface area contributed by atoms with Crippen molar-refractivity contribution in [2.24, 2.45) is 11.3 Å². The number of hydrogen-bond donors (Lipinski definition) is 1. The third kappa shape index (κ3) is 4.99. The predicted octanol–water partition coefficient (Wildman–Crippen LogP) is 4.92. The first-order valence-corrected chi connectivity index (χ1v) is 7.75. The van der Waals surface area contributed by atoms with Crippen LogP contribution in [0.25, 0.3) is 0 Å². The third-order valence-electron chi connectivity index (χ3n) is 4.69. The zero-order chi connectivity index (χ0) is 12.7. The maximum Gasteiger partial charge on any atom is 0.0568 e. The predicted molar refractivity (Wildman–Crippen MR) is 75.1 cm³/mol. The Morgan fingerprint density at radius 2 is 1.59 bits per heavy atom. The average molecular weight is 240 g/mol. The lowest BCUT2D eigenvalue weighted by molar-refractivity contribution is 0.0000249.